The molecule has 22 atom stereocenters. The second kappa shape index (κ2) is 16.7. The molecule has 19 nitrogen and oxygen atoms in total. The Kier molecular flexibility index (Phi) is 12.4. The number of aliphatic hydroxyl groups is 10. The third kappa shape index (κ3) is 7.21. The average molecular weight is 859 g/mol. The van der Waals surface area contributed by atoms with Crippen LogP contribution < -0.4 is 0 Å². The summed E-state index contributed by atoms with van der Waals surface area (Å²) in [4.78, 5) is 25.2. The molecule has 10 N–H and O–H groups in total. The Morgan fingerprint density at radius 2 is 1.48 bits per heavy atom. The zero-order chi connectivity index (χ0) is 43.1. The predicted octanol–water partition coefficient (Wildman–Crippen LogP) is -2.57. The zero-order valence-corrected chi connectivity index (χ0v) is 33.9. The molecule has 4 saturated carbocycles. The summed E-state index contributed by atoms with van der Waals surface area (Å²) in [5.74, 6) is -0.820. The molecule has 8 rings (SSSR count). The minimum Gasteiger partial charge on any atom is -0.458 e. The Morgan fingerprint density at radius 1 is 0.800 bits per heavy atom. The van der Waals surface area contributed by atoms with Crippen molar-refractivity contribution in [2.75, 3.05) is 19.8 Å². The number of hydrogen-bond donors (Lipinski definition) is 10. The number of cyclic esters (lactones) is 1. The number of rotatable bonds is 10. The van der Waals surface area contributed by atoms with Crippen molar-refractivity contribution in [1.29, 1.82) is 0 Å². The maximum Gasteiger partial charge on any atom is 0.331 e. The second-order valence-corrected chi connectivity index (χ2v) is 19.0. The van der Waals surface area contributed by atoms with Crippen molar-refractivity contribution in [2.24, 2.45) is 28.6 Å². The van der Waals surface area contributed by atoms with Crippen LogP contribution in [0.15, 0.2) is 11.6 Å². The third-order valence-corrected chi connectivity index (χ3v) is 16.1. The lowest BCUT2D eigenvalue weighted by Crippen LogP contribution is -2.69. The summed E-state index contributed by atoms with van der Waals surface area (Å²) in [6.45, 7) is 2.70. The van der Waals surface area contributed by atoms with Gasteiger partial charge in [0.25, 0.3) is 0 Å². The summed E-state index contributed by atoms with van der Waals surface area (Å²) in [5.41, 5.74) is -3.15. The fraction of sp³-hybridized carbons (Fsp3) is 0.902. The molecule has 0 radical (unpaired) electrons. The van der Waals surface area contributed by atoms with Crippen LogP contribution in [0.1, 0.15) is 78.1 Å². The summed E-state index contributed by atoms with van der Waals surface area (Å²) in [6, 6.07) is 0. The summed E-state index contributed by atoms with van der Waals surface area (Å²) in [7, 11) is 0. The summed E-state index contributed by atoms with van der Waals surface area (Å²) >= 11 is 0. The molecule has 60 heavy (non-hydrogen) atoms. The van der Waals surface area contributed by atoms with Gasteiger partial charge in [-0.15, -0.1) is 0 Å². The molecule has 0 amide bonds. The van der Waals surface area contributed by atoms with E-state index >= 15 is 0 Å². The van der Waals surface area contributed by atoms with Crippen LogP contribution in [0, 0.1) is 28.6 Å². The smallest absolute Gasteiger partial charge is 0.331 e. The van der Waals surface area contributed by atoms with Crippen LogP contribution in [0.3, 0.4) is 0 Å². The van der Waals surface area contributed by atoms with Crippen molar-refractivity contribution in [3.63, 3.8) is 0 Å². The minimum absolute atomic E-state index is 0.00494. The van der Waals surface area contributed by atoms with E-state index in [1.807, 2.05) is 0 Å². The standard InChI is InChI=1S/C41H62O19/c1-18-35(60-37-34(51)32(49)30(47)26(59-37)16-55-36-33(50)31(48)29(46)25(14-42)58-36)24(44)12-28(56-18)57-20-3-8-39(17-43)22-4-7-38(2)21(19-11-27(45)54-15-19)6-10-41(38,53)23(22)5-9-40(39,52)13-20/h11,17-18,20-26,28-37,42,44,46-53H,3-10,12-16H2,1-2H3/t18-,20+,21-,22+,23-,24+,25-,26-,28+,29-,30-,31+,32+,33-,34-,35+,36-,37+,38-,39+,40+,41+/m1/s1. The van der Waals surface area contributed by atoms with Gasteiger partial charge in [0.2, 0.25) is 0 Å². The number of esters is 1. The highest BCUT2D eigenvalue weighted by Gasteiger charge is 2.71. The minimum atomic E-state index is -1.79. The van der Waals surface area contributed by atoms with Crippen molar-refractivity contribution in [3.8, 4) is 0 Å². The molecule has 0 bridgehead atoms. The summed E-state index contributed by atoms with van der Waals surface area (Å²) in [5, 5.41) is 108. The molecule has 0 unspecified atom stereocenters. The highest BCUT2D eigenvalue weighted by atomic mass is 16.7. The Morgan fingerprint density at radius 3 is 2.15 bits per heavy atom. The molecule has 4 aliphatic heterocycles. The maximum atomic E-state index is 13.3. The molecule has 4 heterocycles. The lowest BCUT2D eigenvalue weighted by Gasteiger charge is -2.65. The average Bonchev–Trinajstić information content (AvgIpc) is 3.76. The Hall–Kier alpha value is -1.76. The number of aliphatic hydroxyl groups excluding tert-OH is 8. The van der Waals surface area contributed by atoms with Gasteiger partial charge in [-0.3, -0.25) is 0 Å². The molecule has 19 heteroatoms. The second-order valence-electron chi connectivity index (χ2n) is 19.0. The fourth-order valence-corrected chi connectivity index (χ4v) is 12.7. The van der Waals surface area contributed by atoms with Crippen molar-refractivity contribution < 1.29 is 93.8 Å². The number of fused-ring (bicyclic) bond motifs is 5. The van der Waals surface area contributed by atoms with Gasteiger partial charge in [0.15, 0.2) is 18.9 Å². The van der Waals surface area contributed by atoms with E-state index in [0.717, 1.165) is 11.9 Å². The van der Waals surface area contributed by atoms with Gasteiger partial charge < -0.3 is 89.0 Å². The third-order valence-electron chi connectivity index (χ3n) is 16.1. The molecule has 8 aliphatic rings. The van der Waals surface area contributed by atoms with Gasteiger partial charge in [0.05, 0.1) is 48.1 Å². The van der Waals surface area contributed by atoms with Gasteiger partial charge in [0, 0.05) is 24.3 Å². The highest BCUT2D eigenvalue weighted by Crippen LogP contribution is 2.70. The number of carbonyl (C=O) groups is 2. The molecule has 0 aromatic rings. The van der Waals surface area contributed by atoms with Gasteiger partial charge in [-0.2, -0.15) is 0 Å². The SMILES string of the molecule is C[C@H]1O[C@@H](O[C@H]2CC[C@]3(C=O)[C@H]4CC[C@]5(C)[C@@H](C6=CC(=O)OC6)CC[C@]5(O)[C@@H]4CC[C@]3(O)C2)C[C@H](O)[C@H]1O[C@@H]1O[C@H](CO[C@@H]2O[C@H](CO)[C@@H](O)[C@H](O)[C@H]2O)[C@@H](O)[C@H](O)[C@H]1O. The van der Waals surface area contributed by atoms with Crippen LogP contribution in [0.4, 0.5) is 0 Å². The lowest BCUT2D eigenvalue weighted by molar-refractivity contribution is -0.354. The van der Waals surface area contributed by atoms with Crippen molar-refractivity contribution in [2.45, 2.75) is 181 Å². The van der Waals surface area contributed by atoms with E-state index in [4.69, 9.17) is 33.2 Å². The van der Waals surface area contributed by atoms with E-state index in [9.17, 15) is 60.7 Å². The first kappa shape index (κ1) is 44.8. The van der Waals surface area contributed by atoms with E-state index in [1.165, 1.54) is 0 Å². The van der Waals surface area contributed by atoms with E-state index in [2.05, 4.69) is 6.92 Å². The Bertz CT molecular complexity index is 1600. The van der Waals surface area contributed by atoms with Crippen LogP contribution in [0.5, 0.6) is 0 Å². The van der Waals surface area contributed by atoms with E-state index in [-0.39, 0.29) is 43.2 Å². The zero-order valence-electron chi connectivity index (χ0n) is 33.9. The first-order valence-electron chi connectivity index (χ1n) is 21.4. The molecule has 0 aromatic carbocycles. The van der Waals surface area contributed by atoms with Gasteiger partial charge in [-0.25, -0.2) is 4.79 Å². The molecule has 7 fully saturated rings. The number of hydrogen-bond acceptors (Lipinski definition) is 19. The van der Waals surface area contributed by atoms with E-state index in [0.29, 0.717) is 51.4 Å². The Balaban J connectivity index is 0.872. The number of carbonyl (C=O) groups excluding carboxylic acids is 2. The molecule has 3 saturated heterocycles. The van der Waals surface area contributed by atoms with Crippen molar-refractivity contribution >= 4 is 12.3 Å². The number of ether oxygens (including phenoxy) is 7. The fourth-order valence-electron chi connectivity index (χ4n) is 12.7. The summed E-state index contributed by atoms with van der Waals surface area (Å²) in [6.07, 6.45) is -14.1. The lowest BCUT2D eigenvalue weighted by atomic mass is 9.41. The van der Waals surface area contributed by atoms with E-state index < -0.39 is 127 Å². The highest BCUT2D eigenvalue weighted by molar-refractivity contribution is 5.85. The van der Waals surface area contributed by atoms with E-state index in [1.54, 1.807) is 13.0 Å². The van der Waals surface area contributed by atoms with Gasteiger partial charge in [-0.1, -0.05) is 6.92 Å². The van der Waals surface area contributed by atoms with Crippen LogP contribution in [-0.2, 0) is 42.7 Å². The molecular formula is C41H62O19. The maximum absolute atomic E-state index is 13.3. The van der Waals surface area contributed by atoms with Gasteiger partial charge in [0.1, 0.15) is 67.8 Å². The largest absolute Gasteiger partial charge is 0.458 e. The van der Waals surface area contributed by atoms with Crippen LogP contribution in [0.25, 0.3) is 0 Å². The predicted molar refractivity (Wildman–Crippen MR) is 199 cm³/mol. The molecule has 0 aromatic heterocycles. The molecule has 340 valence electrons. The topological polar surface area (TPSA) is 301 Å². The van der Waals surface area contributed by atoms with Gasteiger partial charge in [-0.05, 0) is 81.6 Å². The first-order valence-corrected chi connectivity index (χ1v) is 21.4. The van der Waals surface area contributed by atoms with Crippen LogP contribution in [0.2, 0.25) is 0 Å². The van der Waals surface area contributed by atoms with Crippen molar-refractivity contribution in [1.82, 2.24) is 0 Å². The van der Waals surface area contributed by atoms with Gasteiger partial charge >= 0.3 is 5.97 Å². The van der Waals surface area contributed by atoms with Crippen LogP contribution >= 0.6 is 0 Å². The molecular weight excluding hydrogens is 796 g/mol. The number of aldehydes is 1. The first-order chi connectivity index (χ1) is 28.4. The monoisotopic (exact) mass is 858 g/mol. The normalized spacial score (nSPS) is 54.3. The molecule has 4 aliphatic carbocycles. The van der Waals surface area contributed by atoms with Crippen molar-refractivity contribution in [3.05, 3.63) is 11.6 Å². The molecule has 0 spiro atoms. The Labute approximate surface area is 347 Å². The van der Waals surface area contributed by atoms with Crippen LogP contribution in [-0.4, -0.2) is 186 Å². The quantitative estimate of drug-likeness (QED) is 0.0613. The summed E-state index contributed by atoms with van der Waals surface area (Å²) < 4.78 is 40.2.